The average molecular weight is 197 g/mol. The van der Waals surface area contributed by atoms with E-state index in [9.17, 15) is 18.0 Å². The van der Waals surface area contributed by atoms with Gasteiger partial charge >= 0.3 is 12.1 Å². The number of ether oxygens (including phenoxy) is 1. The molecule has 0 aromatic carbocycles. The number of hydrogen-bond acceptors (Lipinski definition) is 3. The van der Waals surface area contributed by atoms with Gasteiger partial charge in [0.05, 0.1) is 13.0 Å². The van der Waals surface area contributed by atoms with Crippen LogP contribution in [0, 0.1) is 5.92 Å². The highest BCUT2D eigenvalue weighted by Crippen LogP contribution is 2.34. The van der Waals surface area contributed by atoms with Crippen molar-refractivity contribution in [1.29, 1.82) is 0 Å². The molecule has 1 aliphatic heterocycles. The second kappa shape index (κ2) is 3.53. The summed E-state index contributed by atoms with van der Waals surface area (Å²) in [6.45, 7) is 0.198. The van der Waals surface area contributed by atoms with Crippen LogP contribution >= 0.6 is 0 Å². The molecule has 13 heavy (non-hydrogen) atoms. The molecule has 76 valence electrons. The Kier molecular flexibility index (Phi) is 2.80. The van der Waals surface area contributed by atoms with Gasteiger partial charge < -0.3 is 10.1 Å². The number of methoxy groups -OCH3 is 1. The van der Waals surface area contributed by atoms with E-state index in [1.807, 2.05) is 0 Å². The van der Waals surface area contributed by atoms with Crippen LogP contribution in [0.1, 0.15) is 6.42 Å². The number of carbonyl (C=O) groups is 1. The quantitative estimate of drug-likeness (QED) is 0.629. The monoisotopic (exact) mass is 197 g/mol. The van der Waals surface area contributed by atoms with Gasteiger partial charge in [0.1, 0.15) is 6.04 Å². The van der Waals surface area contributed by atoms with Gasteiger partial charge in [-0.3, -0.25) is 4.79 Å². The number of alkyl halides is 3. The minimum atomic E-state index is -4.33. The Labute approximate surface area is 73.2 Å². The van der Waals surface area contributed by atoms with Crippen LogP contribution in [0.5, 0.6) is 0 Å². The van der Waals surface area contributed by atoms with Gasteiger partial charge in [-0.2, -0.15) is 13.2 Å². The van der Waals surface area contributed by atoms with Crippen molar-refractivity contribution in [1.82, 2.24) is 5.32 Å². The molecule has 0 bridgehead atoms. The molecule has 0 amide bonds. The van der Waals surface area contributed by atoms with Crippen LogP contribution in [-0.2, 0) is 9.53 Å². The lowest BCUT2D eigenvalue weighted by Gasteiger charge is -2.19. The SMILES string of the molecule is COC(=O)[C@H]1NCC[C@H]1C(F)(F)F. The number of hydrogen-bond donors (Lipinski definition) is 1. The van der Waals surface area contributed by atoms with Gasteiger partial charge in [0.25, 0.3) is 0 Å². The van der Waals surface area contributed by atoms with Gasteiger partial charge in [-0.15, -0.1) is 0 Å². The van der Waals surface area contributed by atoms with E-state index in [1.54, 1.807) is 0 Å². The third-order valence-electron chi connectivity index (χ3n) is 2.10. The first-order valence-corrected chi connectivity index (χ1v) is 3.84. The van der Waals surface area contributed by atoms with Crippen LogP contribution in [0.2, 0.25) is 0 Å². The lowest BCUT2D eigenvalue weighted by Crippen LogP contribution is -2.42. The van der Waals surface area contributed by atoms with E-state index in [0.29, 0.717) is 0 Å². The Balaban J connectivity index is 2.70. The van der Waals surface area contributed by atoms with E-state index in [4.69, 9.17) is 0 Å². The van der Waals surface area contributed by atoms with E-state index < -0.39 is 24.1 Å². The van der Waals surface area contributed by atoms with Crippen molar-refractivity contribution in [3.8, 4) is 0 Å². The molecule has 1 aliphatic rings. The van der Waals surface area contributed by atoms with Gasteiger partial charge in [0.2, 0.25) is 0 Å². The molecule has 6 heteroatoms. The normalized spacial score (nSPS) is 28.9. The molecule has 0 radical (unpaired) electrons. The van der Waals surface area contributed by atoms with Crippen molar-refractivity contribution in [3.63, 3.8) is 0 Å². The molecule has 1 rings (SSSR count). The molecule has 0 saturated carbocycles. The van der Waals surface area contributed by atoms with Crippen LogP contribution < -0.4 is 5.32 Å². The summed E-state index contributed by atoms with van der Waals surface area (Å²) in [7, 11) is 1.08. The van der Waals surface area contributed by atoms with Crippen LogP contribution in [0.3, 0.4) is 0 Å². The summed E-state index contributed by atoms with van der Waals surface area (Å²) in [5.41, 5.74) is 0. The molecule has 1 fully saturated rings. The fourth-order valence-electron chi connectivity index (χ4n) is 1.43. The van der Waals surface area contributed by atoms with Crippen molar-refractivity contribution in [2.24, 2.45) is 5.92 Å². The van der Waals surface area contributed by atoms with Crippen molar-refractivity contribution in [2.75, 3.05) is 13.7 Å². The molecule has 0 aromatic heterocycles. The van der Waals surface area contributed by atoms with Crippen LogP contribution in [0.4, 0.5) is 13.2 Å². The van der Waals surface area contributed by atoms with Crippen LogP contribution in [0.15, 0.2) is 0 Å². The molecular formula is C7H10F3NO2. The first kappa shape index (κ1) is 10.3. The summed E-state index contributed by atoms with van der Waals surface area (Å²) >= 11 is 0. The Morgan fingerprint density at radius 2 is 2.15 bits per heavy atom. The second-order valence-electron chi connectivity index (χ2n) is 2.89. The number of carbonyl (C=O) groups excluding carboxylic acids is 1. The maximum absolute atomic E-state index is 12.3. The van der Waals surface area contributed by atoms with Crippen molar-refractivity contribution >= 4 is 5.97 Å². The van der Waals surface area contributed by atoms with Gasteiger partial charge in [-0.25, -0.2) is 0 Å². The Morgan fingerprint density at radius 3 is 2.62 bits per heavy atom. The lowest BCUT2D eigenvalue weighted by molar-refractivity contribution is -0.184. The van der Waals surface area contributed by atoms with E-state index >= 15 is 0 Å². The summed E-state index contributed by atoms with van der Waals surface area (Å²) in [4.78, 5) is 10.9. The molecular weight excluding hydrogens is 187 g/mol. The van der Waals surface area contributed by atoms with E-state index in [-0.39, 0.29) is 13.0 Å². The molecule has 0 aromatic rings. The summed E-state index contributed by atoms with van der Waals surface area (Å²) in [5.74, 6) is -2.46. The van der Waals surface area contributed by atoms with Crippen LogP contribution in [-0.4, -0.2) is 31.8 Å². The van der Waals surface area contributed by atoms with Crippen molar-refractivity contribution in [2.45, 2.75) is 18.6 Å². The summed E-state index contributed by atoms with van der Waals surface area (Å²) in [6.07, 6.45) is -4.40. The van der Waals surface area contributed by atoms with Crippen molar-refractivity contribution in [3.05, 3.63) is 0 Å². The van der Waals surface area contributed by atoms with Gasteiger partial charge in [-0.1, -0.05) is 0 Å². The summed E-state index contributed by atoms with van der Waals surface area (Å²) < 4.78 is 41.0. The molecule has 1 N–H and O–H groups in total. The Hall–Kier alpha value is -0.780. The summed E-state index contributed by atoms with van der Waals surface area (Å²) in [5, 5.41) is 2.47. The number of esters is 1. The molecule has 0 unspecified atom stereocenters. The number of halogens is 3. The fraction of sp³-hybridized carbons (Fsp3) is 0.857. The third-order valence-corrected chi connectivity index (χ3v) is 2.10. The van der Waals surface area contributed by atoms with E-state index in [0.717, 1.165) is 7.11 Å². The predicted molar refractivity (Wildman–Crippen MR) is 38.0 cm³/mol. The molecule has 2 atom stereocenters. The number of nitrogens with one attached hydrogen (secondary N) is 1. The zero-order valence-corrected chi connectivity index (χ0v) is 7.02. The minimum absolute atomic E-state index is 0.0662. The molecule has 1 heterocycles. The molecule has 1 saturated heterocycles. The maximum atomic E-state index is 12.3. The standard InChI is InChI=1S/C7H10F3NO2/c1-13-6(12)5-4(2-3-11-5)7(8,9)10/h4-5,11H,2-3H2,1H3/t4-,5+/m1/s1. The smallest absolute Gasteiger partial charge is 0.393 e. The third kappa shape index (κ3) is 2.12. The molecule has 0 aliphatic carbocycles. The zero-order valence-electron chi connectivity index (χ0n) is 7.02. The Bertz CT molecular complexity index is 204. The molecule has 0 spiro atoms. The molecule has 3 nitrogen and oxygen atoms in total. The minimum Gasteiger partial charge on any atom is -0.468 e. The number of rotatable bonds is 1. The predicted octanol–water partition coefficient (Wildman–Crippen LogP) is 0.700. The Morgan fingerprint density at radius 1 is 1.54 bits per heavy atom. The first-order valence-electron chi connectivity index (χ1n) is 3.84. The van der Waals surface area contributed by atoms with E-state index in [1.165, 1.54) is 0 Å². The highest BCUT2D eigenvalue weighted by molar-refractivity contribution is 5.76. The van der Waals surface area contributed by atoms with Crippen molar-refractivity contribution < 1.29 is 22.7 Å². The van der Waals surface area contributed by atoms with E-state index in [2.05, 4.69) is 10.1 Å². The van der Waals surface area contributed by atoms with Gasteiger partial charge in [0.15, 0.2) is 0 Å². The van der Waals surface area contributed by atoms with Gasteiger partial charge in [-0.05, 0) is 13.0 Å². The highest BCUT2D eigenvalue weighted by Gasteiger charge is 2.50. The van der Waals surface area contributed by atoms with Gasteiger partial charge in [0, 0.05) is 0 Å². The fourth-order valence-corrected chi connectivity index (χ4v) is 1.43. The lowest BCUT2D eigenvalue weighted by atomic mass is 10.0. The zero-order chi connectivity index (χ0) is 10.1. The topological polar surface area (TPSA) is 38.3 Å². The van der Waals surface area contributed by atoms with Crippen LogP contribution in [0.25, 0.3) is 0 Å². The highest BCUT2D eigenvalue weighted by atomic mass is 19.4. The maximum Gasteiger partial charge on any atom is 0.393 e. The largest absolute Gasteiger partial charge is 0.468 e. The second-order valence-corrected chi connectivity index (χ2v) is 2.89. The summed E-state index contributed by atoms with van der Waals surface area (Å²) in [6, 6.07) is -1.23. The average Bonchev–Trinajstić information content (AvgIpc) is 2.49. The first-order chi connectivity index (χ1) is 5.96.